The fraction of sp³-hybridized carbons (Fsp3) is 0.929. The summed E-state index contributed by atoms with van der Waals surface area (Å²) in [5.41, 5.74) is -0.372. The number of carbonyl (C=O) groups is 1. The van der Waals surface area contributed by atoms with E-state index in [-0.39, 0.29) is 0 Å². The smallest absolute Gasteiger partial charge is 0.324 e. The number of aliphatic carboxylic acids is 1. The van der Waals surface area contributed by atoms with Crippen LogP contribution >= 0.6 is 0 Å². The van der Waals surface area contributed by atoms with Crippen molar-refractivity contribution < 1.29 is 9.90 Å². The largest absolute Gasteiger partial charge is 0.480 e. The van der Waals surface area contributed by atoms with Crippen molar-refractivity contribution >= 4 is 5.97 Å². The first-order chi connectivity index (χ1) is 8.31. The third kappa shape index (κ3) is 3.45. The van der Waals surface area contributed by atoms with Crippen LogP contribution < -0.4 is 5.32 Å². The topological polar surface area (TPSA) is 52.6 Å². The van der Waals surface area contributed by atoms with E-state index in [2.05, 4.69) is 24.1 Å². The Hall–Kier alpha value is -0.610. The Morgan fingerprint density at radius 2 is 1.94 bits per heavy atom. The molecule has 2 fully saturated rings. The third-order valence-electron chi connectivity index (χ3n) is 4.32. The van der Waals surface area contributed by atoms with Crippen LogP contribution in [0.2, 0.25) is 0 Å². The van der Waals surface area contributed by atoms with Gasteiger partial charge in [-0.25, -0.2) is 0 Å². The molecule has 1 saturated heterocycles. The normalized spacial score (nSPS) is 27.7. The molecule has 1 atom stereocenters. The molecule has 2 rings (SSSR count). The molecule has 2 aliphatic rings. The first-order valence-corrected chi connectivity index (χ1v) is 7.04. The number of hydrogen-bond donors (Lipinski definition) is 2. The molecule has 1 saturated carbocycles. The lowest BCUT2D eigenvalue weighted by Gasteiger charge is -2.40. The van der Waals surface area contributed by atoms with Crippen LogP contribution in [0.25, 0.3) is 0 Å². The molecule has 0 spiro atoms. The number of likely N-dealkylation sites (tertiary alicyclic amines) is 1. The van der Waals surface area contributed by atoms with Crippen LogP contribution in [0.4, 0.5) is 0 Å². The molecule has 4 nitrogen and oxygen atoms in total. The second-order valence-corrected chi connectivity index (χ2v) is 7.00. The van der Waals surface area contributed by atoms with Crippen LogP contribution in [0.15, 0.2) is 0 Å². The summed E-state index contributed by atoms with van der Waals surface area (Å²) in [5.74, 6) is -0.723. The Balaban J connectivity index is 1.91. The number of rotatable bonds is 5. The standard InChI is InChI=1S/C14H26N2O2/c1-13(2)6-8-16(9-7-13)10-14(3,12(17)18)15-11-4-5-11/h11,15H,4-10H2,1-3H3,(H,17,18). The van der Waals surface area contributed by atoms with Crippen molar-refractivity contribution in [2.45, 2.75) is 58.0 Å². The maximum Gasteiger partial charge on any atom is 0.324 e. The fourth-order valence-corrected chi connectivity index (χ4v) is 2.62. The fourth-order valence-electron chi connectivity index (χ4n) is 2.62. The van der Waals surface area contributed by atoms with Crippen LogP contribution in [0, 0.1) is 5.41 Å². The summed E-state index contributed by atoms with van der Waals surface area (Å²) in [7, 11) is 0. The van der Waals surface area contributed by atoms with Gasteiger partial charge in [0.25, 0.3) is 0 Å². The monoisotopic (exact) mass is 254 g/mol. The van der Waals surface area contributed by atoms with E-state index in [9.17, 15) is 9.90 Å². The number of carboxylic acids is 1. The van der Waals surface area contributed by atoms with Gasteiger partial charge in [0.15, 0.2) is 0 Å². The molecule has 0 aromatic carbocycles. The van der Waals surface area contributed by atoms with Crippen molar-refractivity contribution in [2.75, 3.05) is 19.6 Å². The second kappa shape index (κ2) is 4.82. The van der Waals surface area contributed by atoms with Crippen LogP contribution in [0.3, 0.4) is 0 Å². The molecule has 2 N–H and O–H groups in total. The van der Waals surface area contributed by atoms with Crippen LogP contribution in [0.1, 0.15) is 46.5 Å². The highest BCUT2D eigenvalue weighted by Gasteiger charge is 2.40. The van der Waals surface area contributed by atoms with Gasteiger partial charge in [0.1, 0.15) is 5.54 Å². The van der Waals surface area contributed by atoms with Gasteiger partial charge < -0.3 is 10.0 Å². The van der Waals surface area contributed by atoms with Crippen molar-refractivity contribution in [3.05, 3.63) is 0 Å². The van der Waals surface area contributed by atoms with Gasteiger partial charge in [-0.1, -0.05) is 13.8 Å². The molecule has 4 heteroatoms. The average Bonchev–Trinajstić information content (AvgIpc) is 3.05. The summed E-state index contributed by atoms with van der Waals surface area (Å²) in [6.07, 6.45) is 4.56. The SMILES string of the molecule is CC1(C)CCN(CC(C)(NC2CC2)C(=O)O)CC1. The minimum atomic E-state index is -0.789. The van der Waals surface area contributed by atoms with Gasteiger partial charge >= 0.3 is 5.97 Å². The van der Waals surface area contributed by atoms with Crippen LogP contribution in [0.5, 0.6) is 0 Å². The lowest BCUT2D eigenvalue weighted by atomic mass is 9.82. The molecular formula is C14H26N2O2. The van der Waals surface area contributed by atoms with E-state index < -0.39 is 11.5 Å². The minimum absolute atomic E-state index is 0.417. The summed E-state index contributed by atoms with van der Waals surface area (Å²) in [4.78, 5) is 13.8. The minimum Gasteiger partial charge on any atom is -0.480 e. The van der Waals surface area contributed by atoms with Gasteiger partial charge in [0, 0.05) is 12.6 Å². The quantitative estimate of drug-likeness (QED) is 0.784. The van der Waals surface area contributed by atoms with E-state index in [0.717, 1.165) is 38.8 Å². The molecule has 0 amide bonds. The molecule has 0 radical (unpaired) electrons. The first-order valence-electron chi connectivity index (χ1n) is 7.04. The van der Waals surface area contributed by atoms with E-state index in [0.29, 0.717) is 18.0 Å². The number of piperidine rings is 1. The number of nitrogens with zero attached hydrogens (tertiary/aromatic N) is 1. The van der Waals surface area contributed by atoms with Crippen LogP contribution in [-0.2, 0) is 4.79 Å². The maximum absolute atomic E-state index is 11.5. The van der Waals surface area contributed by atoms with E-state index in [4.69, 9.17) is 0 Å². The highest BCUT2D eigenvalue weighted by molar-refractivity contribution is 5.78. The Morgan fingerprint density at radius 1 is 1.39 bits per heavy atom. The van der Waals surface area contributed by atoms with Crippen molar-refractivity contribution in [3.8, 4) is 0 Å². The Labute approximate surface area is 110 Å². The Bertz CT molecular complexity index is 316. The molecule has 0 bridgehead atoms. The second-order valence-electron chi connectivity index (χ2n) is 7.00. The van der Waals surface area contributed by atoms with Gasteiger partial charge in [-0.3, -0.25) is 10.1 Å². The van der Waals surface area contributed by atoms with Gasteiger partial charge in [0.05, 0.1) is 0 Å². The van der Waals surface area contributed by atoms with Gasteiger partial charge in [0.2, 0.25) is 0 Å². The predicted molar refractivity (Wildman–Crippen MR) is 71.7 cm³/mol. The molecule has 0 aromatic rings. The number of hydrogen-bond acceptors (Lipinski definition) is 3. The third-order valence-corrected chi connectivity index (χ3v) is 4.32. The zero-order valence-corrected chi connectivity index (χ0v) is 11.8. The molecular weight excluding hydrogens is 228 g/mol. The average molecular weight is 254 g/mol. The highest BCUT2D eigenvalue weighted by Crippen LogP contribution is 2.31. The summed E-state index contributed by atoms with van der Waals surface area (Å²) in [6, 6.07) is 0.423. The van der Waals surface area contributed by atoms with Crippen molar-refractivity contribution in [3.63, 3.8) is 0 Å². The van der Waals surface area contributed by atoms with E-state index in [1.54, 1.807) is 0 Å². The lowest BCUT2D eigenvalue weighted by Crippen LogP contribution is -2.58. The first kappa shape index (κ1) is 13.8. The van der Waals surface area contributed by atoms with Crippen molar-refractivity contribution in [1.82, 2.24) is 10.2 Å². The van der Waals surface area contributed by atoms with E-state index in [1.165, 1.54) is 0 Å². The van der Waals surface area contributed by atoms with Gasteiger partial charge in [-0.05, 0) is 51.1 Å². The number of carboxylic acid groups (broad SMARTS) is 1. The summed E-state index contributed by atoms with van der Waals surface area (Å²) >= 11 is 0. The predicted octanol–water partition coefficient (Wildman–Crippen LogP) is 1.70. The summed E-state index contributed by atoms with van der Waals surface area (Å²) in [6.45, 7) is 9.07. The van der Waals surface area contributed by atoms with Gasteiger partial charge in [-0.2, -0.15) is 0 Å². The molecule has 104 valence electrons. The summed E-state index contributed by atoms with van der Waals surface area (Å²) in [5, 5.41) is 12.7. The van der Waals surface area contributed by atoms with E-state index in [1.807, 2.05) is 6.92 Å². The molecule has 18 heavy (non-hydrogen) atoms. The molecule has 1 unspecified atom stereocenters. The van der Waals surface area contributed by atoms with Crippen molar-refractivity contribution in [2.24, 2.45) is 5.41 Å². The van der Waals surface area contributed by atoms with Crippen LogP contribution in [-0.4, -0.2) is 47.2 Å². The van der Waals surface area contributed by atoms with Crippen molar-refractivity contribution in [1.29, 1.82) is 0 Å². The Kier molecular flexibility index (Phi) is 3.70. The zero-order valence-electron chi connectivity index (χ0n) is 11.8. The molecule has 1 aliphatic carbocycles. The molecule has 1 aliphatic heterocycles. The maximum atomic E-state index is 11.5. The molecule has 0 aromatic heterocycles. The zero-order chi connectivity index (χ0) is 13.4. The number of nitrogens with one attached hydrogen (secondary N) is 1. The summed E-state index contributed by atoms with van der Waals surface area (Å²) < 4.78 is 0. The van der Waals surface area contributed by atoms with E-state index >= 15 is 0 Å². The molecule has 1 heterocycles. The Morgan fingerprint density at radius 3 is 2.39 bits per heavy atom. The lowest BCUT2D eigenvalue weighted by molar-refractivity contribution is -0.145. The van der Waals surface area contributed by atoms with Gasteiger partial charge in [-0.15, -0.1) is 0 Å². The highest BCUT2D eigenvalue weighted by atomic mass is 16.4.